The zero-order valence-electron chi connectivity index (χ0n) is 12.4. The lowest BCUT2D eigenvalue weighted by molar-refractivity contribution is 0.558. The van der Waals surface area contributed by atoms with Gasteiger partial charge in [-0.2, -0.15) is 0 Å². The van der Waals surface area contributed by atoms with Crippen LogP contribution in [0.1, 0.15) is 85.0 Å². The SMILES string of the molecule is CC.CCCCCCCCCCCCN=CN. The Kier molecular flexibility index (Phi) is 23.1. The summed E-state index contributed by atoms with van der Waals surface area (Å²) in [6.45, 7) is 7.18. The largest absolute Gasteiger partial charge is 0.390 e. The molecule has 17 heavy (non-hydrogen) atoms. The summed E-state index contributed by atoms with van der Waals surface area (Å²) in [4.78, 5) is 3.99. The van der Waals surface area contributed by atoms with Gasteiger partial charge in [-0.3, -0.25) is 4.99 Å². The van der Waals surface area contributed by atoms with E-state index in [9.17, 15) is 0 Å². The first kappa shape index (κ1) is 18.8. The minimum atomic E-state index is 0.910. The van der Waals surface area contributed by atoms with Crippen LogP contribution in [0.3, 0.4) is 0 Å². The maximum Gasteiger partial charge on any atom is 0.0797 e. The fourth-order valence-corrected chi connectivity index (χ4v) is 1.77. The molecule has 0 atom stereocenters. The predicted octanol–water partition coefficient (Wildman–Crippen LogP) is 4.92. The Bertz CT molecular complexity index is 133. The van der Waals surface area contributed by atoms with E-state index in [0.29, 0.717) is 0 Å². The van der Waals surface area contributed by atoms with Gasteiger partial charge in [-0.15, -0.1) is 0 Å². The van der Waals surface area contributed by atoms with E-state index in [1.807, 2.05) is 13.8 Å². The van der Waals surface area contributed by atoms with E-state index in [1.165, 1.54) is 70.5 Å². The summed E-state index contributed by atoms with van der Waals surface area (Å²) < 4.78 is 0. The highest BCUT2D eigenvalue weighted by atomic mass is 14.8. The average Bonchev–Trinajstić information content (AvgIpc) is 2.38. The van der Waals surface area contributed by atoms with Crippen LogP contribution < -0.4 is 5.73 Å². The third kappa shape index (κ3) is 21.3. The Morgan fingerprint density at radius 3 is 1.59 bits per heavy atom. The molecule has 0 saturated heterocycles. The molecule has 0 radical (unpaired) electrons. The topological polar surface area (TPSA) is 38.4 Å². The first-order valence-electron chi connectivity index (χ1n) is 7.61. The van der Waals surface area contributed by atoms with Crippen LogP contribution in [0.25, 0.3) is 0 Å². The molecule has 0 aromatic carbocycles. The first-order chi connectivity index (χ1) is 8.41. The summed E-state index contributed by atoms with van der Waals surface area (Å²) in [7, 11) is 0. The van der Waals surface area contributed by atoms with Crippen LogP contribution in [0, 0.1) is 0 Å². The van der Waals surface area contributed by atoms with Gasteiger partial charge in [0.25, 0.3) is 0 Å². The number of hydrogen-bond donors (Lipinski definition) is 1. The van der Waals surface area contributed by atoms with Gasteiger partial charge in [0.1, 0.15) is 0 Å². The molecule has 0 aromatic heterocycles. The molecule has 0 rings (SSSR count). The van der Waals surface area contributed by atoms with Gasteiger partial charge in [0.15, 0.2) is 0 Å². The zero-order valence-corrected chi connectivity index (χ0v) is 12.4. The van der Waals surface area contributed by atoms with Crippen molar-refractivity contribution in [3.63, 3.8) is 0 Å². The van der Waals surface area contributed by atoms with Crippen molar-refractivity contribution in [3.05, 3.63) is 0 Å². The molecule has 0 fully saturated rings. The van der Waals surface area contributed by atoms with Crippen molar-refractivity contribution in [2.45, 2.75) is 85.0 Å². The van der Waals surface area contributed by atoms with Crippen LogP contribution in [0.2, 0.25) is 0 Å². The number of hydrogen-bond acceptors (Lipinski definition) is 1. The normalized spacial score (nSPS) is 10.3. The van der Waals surface area contributed by atoms with Crippen LogP contribution >= 0.6 is 0 Å². The summed E-state index contributed by atoms with van der Waals surface area (Å²) in [5, 5.41) is 0. The van der Waals surface area contributed by atoms with Gasteiger partial charge in [-0.1, -0.05) is 78.6 Å². The lowest BCUT2D eigenvalue weighted by Gasteiger charge is -2.00. The summed E-state index contributed by atoms with van der Waals surface area (Å²) in [6, 6.07) is 0. The van der Waals surface area contributed by atoms with E-state index < -0.39 is 0 Å². The van der Waals surface area contributed by atoms with Crippen LogP contribution in [-0.2, 0) is 0 Å². The minimum absolute atomic E-state index is 0.910. The monoisotopic (exact) mass is 242 g/mol. The molecule has 2 N–H and O–H groups in total. The molecule has 0 bridgehead atoms. The van der Waals surface area contributed by atoms with Crippen molar-refractivity contribution in [3.8, 4) is 0 Å². The van der Waals surface area contributed by atoms with Crippen LogP contribution in [0.15, 0.2) is 4.99 Å². The Balaban J connectivity index is 0. The molecule has 0 aliphatic heterocycles. The molecule has 0 aliphatic rings. The molecular formula is C15H34N2. The van der Waals surface area contributed by atoms with Gasteiger partial charge in [0.05, 0.1) is 6.34 Å². The molecule has 0 unspecified atom stereocenters. The quantitative estimate of drug-likeness (QED) is 0.312. The Hall–Kier alpha value is -0.530. The number of nitrogens with zero attached hydrogens (tertiary/aromatic N) is 1. The lowest BCUT2D eigenvalue weighted by atomic mass is 10.1. The van der Waals surface area contributed by atoms with Crippen molar-refractivity contribution in [2.24, 2.45) is 10.7 Å². The molecule has 2 nitrogen and oxygen atoms in total. The second-order valence-corrected chi connectivity index (χ2v) is 4.24. The van der Waals surface area contributed by atoms with E-state index >= 15 is 0 Å². The molecule has 0 saturated carbocycles. The number of nitrogens with two attached hydrogens (primary N) is 1. The second-order valence-electron chi connectivity index (χ2n) is 4.24. The average molecular weight is 242 g/mol. The smallest absolute Gasteiger partial charge is 0.0797 e. The highest BCUT2D eigenvalue weighted by molar-refractivity contribution is 5.50. The van der Waals surface area contributed by atoms with Crippen LogP contribution in [0.4, 0.5) is 0 Å². The van der Waals surface area contributed by atoms with E-state index in [1.54, 1.807) is 0 Å². The Morgan fingerprint density at radius 2 is 1.18 bits per heavy atom. The van der Waals surface area contributed by atoms with E-state index in [4.69, 9.17) is 5.73 Å². The lowest BCUT2D eigenvalue weighted by Crippen LogP contribution is -1.91. The number of unbranched alkanes of at least 4 members (excludes halogenated alkanes) is 9. The van der Waals surface area contributed by atoms with Crippen molar-refractivity contribution >= 4 is 6.34 Å². The van der Waals surface area contributed by atoms with Gasteiger partial charge < -0.3 is 5.73 Å². The van der Waals surface area contributed by atoms with Gasteiger partial charge >= 0.3 is 0 Å². The third-order valence-corrected chi connectivity index (χ3v) is 2.75. The van der Waals surface area contributed by atoms with Crippen molar-refractivity contribution in [2.75, 3.05) is 6.54 Å². The van der Waals surface area contributed by atoms with Crippen LogP contribution in [0.5, 0.6) is 0 Å². The number of aliphatic imine (C=N–C) groups is 1. The number of rotatable bonds is 11. The summed E-state index contributed by atoms with van der Waals surface area (Å²) >= 11 is 0. The molecule has 0 amide bonds. The summed E-state index contributed by atoms with van der Waals surface area (Å²) in [5.41, 5.74) is 5.16. The van der Waals surface area contributed by atoms with E-state index in [0.717, 1.165) is 6.54 Å². The molecule has 2 heteroatoms. The summed E-state index contributed by atoms with van der Waals surface area (Å²) in [5.74, 6) is 0. The standard InChI is InChI=1S/C13H28N2.C2H6/c1-2-3-4-5-6-7-8-9-10-11-12-15-13-14;1-2/h13H,2-12H2,1H3,(H2,14,15);1-2H3. The molecule has 0 aliphatic carbocycles. The summed E-state index contributed by atoms with van der Waals surface area (Å²) in [6.07, 6.45) is 15.2. The maximum atomic E-state index is 5.16. The van der Waals surface area contributed by atoms with Crippen molar-refractivity contribution < 1.29 is 0 Å². The first-order valence-corrected chi connectivity index (χ1v) is 7.61. The Labute approximate surface area is 109 Å². The second kappa shape index (κ2) is 20.8. The highest BCUT2D eigenvalue weighted by Gasteiger charge is 1.91. The molecular weight excluding hydrogens is 208 g/mol. The Morgan fingerprint density at radius 1 is 0.765 bits per heavy atom. The highest BCUT2D eigenvalue weighted by Crippen LogP contribution is 2.10. The van der Waals surface area contributed by atoms with Crippen molar-refractivity contribution in [1.82, 2.24) is 0 Å². The van der Waals surface area contributed by atoms with Gasteiger partial charge in [-0.05, 0) is 6.42 Å². The maximum absolute atomic E-state index is 5.16. The van der Waals surface area contributed by atoms with Gasteiger partial charge in [-0.25, -0.2) is 0 Å². The molecule has 0 aromatic rings. The minimum Gasteiger partial charge on any atom is -0.390 e. The van der Waals surface area contributed by atoms with Crippen molar-refractivity contribution in [1.29, 1.82) is 0 Å². The third-order valence-electron chi connectivity index (χ3n) is 2.75. The van der Waals surface area contributed by atoms with Gasteiger partial charge in [0, 0.05) is 6.54 Å². The molecule has 0 heterocycles. The van der Waals surface area contributed by atoms with E-state index in [-0.39, 0.29) is 0 Å². The fraction of sp³-hybridized carbons (Fsp3) is 0.933. The predicted molar refractivity (Wildman–Crippen MR) is 80.7 cm³/mol. The van der Waals surface area contributed by atoms with E-state index in [2.05, 4.69) is 11.9 Å². The van der Waals surface area contributed by atoms with Gasteiger partial charge in [0.2, 0.25) is 0 Å². The molecule has 0 spiro atoms. The fourth-order valence-electron chi connectivity index (χ4n) is 1.77. The zero-order chi connectivity index (χ0) is 13.2. The molecule has 104 valence electrons. The van der Waals surface area contributed by atoms with Crippen LogP contribution in [-0.4, -0.2) is 12.9 Å².